The Kier molecular flexibility index (Phi) is 3.48. The predicted octanol–water partition coefficient (Wildman–Crippen LogP) is 3.23. The van der Waals surface area contributed by atoms with Crippen molar-refractivity contribution in [2.75, 3.05) is 0 Å². The number of nitrogens with zero attached hydrogens (tertiary/aromatic N) is 2. The molecule has 0 aliphatic carbocycles. The van der Waals surface area contributed by atoms with Crippen LogP contribution in [0.3, 0.4) is 0 Å². The lowest BCUT2D eigenvalue weighted by Gasteiger charge is -2.23. The van der Waals surface area contributed by atoms with Crippen molar-refractivity contribution in [3.05, 3.63) is 59.3 Å². The van der Waals surface area contributed by atoms with Crippen molar-refractivity contribution in [2.24, 2.45) is 7.05 Å². The minimum atomic E-state index is -3.63. The van der Waals surface area contributed by atoms with Gasteiger partial charge in [-0.05, 0) is 60.9 Å². The highest BCUT2D eigenvalue weighted by molar-refractivity contribution is 7.91. The molecule has 5 nitrogen and oxygen atoms in total. The van der Waals surface area contributed by atoms with Gasteiger partial charge < -0.3 is 9.88 Å². The number of rotatable bonds is 2. The molecule has 1 fully saturated rings. The number of hydrogen-bond donors (Lipinski definition) is 1. The fourth-order valence-corrected chi connectivity index (χ4v) is 5.88. The Bertz CT molecular complexity index is 1220. The molecule has 2 bridgehead atoms. The maximum Gasteiger partial charge on any atom is 0.206 e. The number of benzene rings is 2. The van der Waals surface area contributed by atoms with Crippen LogP contribution < -0.4 is 5.32 Å². The SMILES string of the molecule is Cn1c2c(c3cc(S(=O)(=O)c4ccc(C#N)cc4)ccc31)C1CCC(C2)N1. The molecule has 27 heavy (non-hydrogen) atoms. The van der Waals surface area contributed by atoms with Crippen LogP contribution in [0, 0.1) is 11.3 Å². The Morgan fingerprint density at radius 3 is 2.59 bits per heavy atom. The van der Waals surface area contributed by atoms with E-state index >= 15 is 0 Å². The fourth-order valence-electron chi connectivity index (χ4n) is 4.59. The third-order valence-electron chi connectivity index (χ3n) is 5.97. The highest BCUT2D eigenvalue weighted by Crippen LogP contribution is 2.42. The molecule has 3 heterocycles. The monoisotopic (exact) mass is 377 g/mol. The van der Waals surface area contributed by atoms with E-state index in [1.165, 1.54) is 29.8 Å². The standard InChI is InChI=1S/C21H19N3O2S/c1-24-19-9-7-16(27(25,26)15-5-2-13(12-22)3-6-15)11-17(19)21-18-8-4-14(23-18)10-20(21)24/h2-3,5-7,9,11,14,18,23H,4,8,10H2,1H3. The maximum absolute atomic E-state index is 13.1. The molecule has 6 heteroatoms. The van der Waals surface area contributed by atoms with E-state index in [4.69, 9.17) is 5.26 Å². The summed E-state index contributed by atoms with van der Waals surface area (Å²) in [4.78, 5) is 0.512. The molecule has 2 atom stereocenters. The first-order chi connectivity index (χ1) is 13.0. The minimum absolute atomic E-state index is 0.213. The van der Waals surface area contributed by atoms with Crippen LogP contribution in [-0.4, -0.2) is 19.0 Å². The lowest BCUT2D eigenvalue weighted by atomic mass is 9.99. The van der Waals surface area contributed by atoms with Gasteiger partial charge in [-0.25, -0.2) is 8.42 Å². The summed E-state index contributed by atoms with van der Waals surface area (Å²) in [6.45, 7) is 0. The average Bonchev–Trinajstić information content (AvgIpc) is 3.20. The molecule has 2 aromatic carbocycles. The van der Waals surface area contributed by atoms with Crippen LogP contribution in [0.2, 0.25) is 0 Å². The molecule has 1 aromatic heterocycles. The van der Waals surface area contributed by atoms with Gasteiger partial charge in [-0.1, -0.05) is 0 Å². The van der Waals surface area contributed by atoms with E-state index in [1.807, 2.05) is 18.2 Å². The van der Waals surface area contributed by atoms with Crippen molar-refractivity contribution in [2.45, 2.75) is 41.1 Å². The maximum atomic E-state index is 13.1. The molecular weight excluding hydrogens is 358 g/mol. The number of hydrogen-bond acceptors (Lipinski definition) is 4. The summed E-state index contributed by atoms with van der Waals surface area (Å²) in [5, 5.41) is 13.6. The zero-order chi connectivity index (χ0) is 18.8. The van der Waals surface area contributed by atoms with Crippen molar-refractivity contribution in [3.8, 4) is 6.07 Å². The van der Waals surface area contributed by atoms with Gasteiger partial charge in [0.2, 0.25) is 9.84 Å². The molecule has 0 radical (unpaired) electrons. The summed E-state index contributed by atoms with van der Waals surface area (Å²) in [5.41, 5.74) is 4.11. The summed E-state index contributed by atoms with van der Waals surface area (Å²) in [6.07, 6.45) is 3.27. The Hall–Kier alpha value is -2.62. The van der Waals surface area contributed by atoms with Crippen molar-refractivity contribution < 1.29 is 8.42 Å². The third-order valence-corrected chi connectivity index (χ3v) is 7.74. The zero-order valence-electron chi connectivity index (χ0n) is 14.9. The second-order valence-electron chi connectivity index (χ2n) is 7.44. The smallest absolute Gasteiger partial charge is 0.206 e. The van der Waals surface area contributed by atoms with Crippen LogP contribution in [-0.2, 0) is 23.3 Å². The van der Waals surface area contributed by atoms with Gasteiger partial charge in [0, 0.05) is 42.1 Å². The number of nitrogens with one attached hydrogen (secondary N) is 1. The second kappa shape index (κ2) is 5.69. The molecule has 0 spiro atoms. The molecule has 136 valence electrons. The Balaban J connectivity index is 1.68. The number of sulfone groups is 1. The Labute approximate surface area is 158 Å². The normalized spacial score (nSPS) is 21.2. The zero-order valence-corrected chi connectivity index (χ0v) is 15.8. The van der Waals surface area contributed by atoms with Crippen LogP contribution in [0.1, 0.15) is 35.7 Å². The van der Waals surface area contributed by atoms with E-state index in [2.05, 4.69) is 16.9 Å². The molecular formula is C21H19N3O2S. The van der Waals surface area contributed by atoms with Crippen molar-refractivity contribution in [1.29, 1.82) is 5.26 Å². The van der Waals surface area contributed by atoms with Gasteiger partial charge in [0.05, 0.1) is 21.4 Å². The molecule has 2 aliphatic rings. The molecule has 2 unspecified atom stereocenters. The van der Waals surface area contributed by atoms with Crippen LogP contribution in [0.15, 0.2) is 52.3 Å². The van der Waals surface area contributed by atoms with Crippen molar-refractivity contribution in [1.82, 2.24) is 9.88 Å². The fraction of sp³-hybridized carbons (Fsp3) is 0.286. The molecule has 5 rings (SSSR count). The lowest BCUT2D eigenvalue weighted by molar-refractivity contribution is 0.503. The summed E-state index contributed by atoms with van der Waals surface area (Å²) in [7, 11) is -1.56. The van der Waals surface area contributed by atoms with Gasteiger partial charge in [0.1, 0.15) is 0 Å². The van der Waals surface area contributed by atoms with Gasteiger partial charge in [0.25, 0.3) is 0 Å². The first-order valence-electron chi connectivity index (χ1n) is 9.11. The van der Waals surface area contributed by atoms with Crippen molar-refractivity contribution in [3.63, 3.8) is 0 Å². The highest BCUT2D eigenvalue weighted by atomic mass is 32.2. The van der Waals surface area contributed by atoms with E-state index in [0.717, 1.165) is 23.7 Å². The van der Waals surface area contributed by atoms with E-state index in [1.54, 1.807) is 18.2 Å². The molecule has 2 aliphatic heterocycles. The summed E-state index contributed by atoms with van der Waals surface area (Å²) < 4.78 is 28.4. The minimum Gasteiger partial charge on any atom is -0.347 e. The van der Waals surface area contributed by atoms with Crippen LogP contribution in [0.5, 0.6) is 0 Å². The number of nitriles is 1. The van der Waals surface area contributed by atoms with E-state index in [-0.39, 0.29) is 4.90 Å². The highest BCUT2D eigenvalue weighted by Gasteiger charge is 2.36. The van der Waals surface area contributed by atoms with Crippen molar-refractivity contribution >= 4 is 20.7 Å². The van der Waals surface area contributed by atoms with E-state index < -0.39 is 9.84 Å². The van der Waals surface area contributed by atoms with Gasteiger partial charge in [0.15, 0.2) is 0 Å². The summed E-state index contributed by atoms with van der Waals surface area (Å²) in [6, 6.07) is 14.4. The van der Waals surface area contributed by atoms with Gasteiger partial charge in [-0.2, -0.15) is 5.26 Å². The second-order valence-corrected chi connectivity index (χ2v) is 9.39. The molecule has 3 aromatic rings. The first-order valence-corrected chi connectivity index (χ1v) is 10.6. The van der Waals surface area contributed by atoms with Gasteiger partial charge >= 0.3 is 0 Å². The van der Waals surface area contributed by atoms with Crippen LogP contribution in [0.25, 0.3) is 10.9 Å². The van der Waals surface area contributed by atoms with E-state index in [9.17, 15) is 8.42 Å². The predicted molar refractivity (Wildman–Crippen MR) is 102 cm³/mol. The van der Waals surface area contributed by atoms with E-state index in [0.29, 0.717) is 22.5 Å². The summed E-state index contributed by atoms with van der Waals surface area (Å²) >= 11 is 0. The number of aryl methyl sites for hydroxylation is 1. The third kappa shape index (κ3) is 2.35. The number of fused-ring (bicyclic) bond motifs is 6. The molecule has 1 N–H and O–H groups in total. The molecule has 1 saturated heterocycles. The number of aromatic nitrogens is 1. The van der Waals surface area contributed by atoms with Crippen LogP contribution in [0.4, 0.5) is 0 Å². The molecule has 0 saturated carbocycles. The van der Waals surface area contributed by atoms with Crippen LogP contribution >= 0.6 is 0 Å². The summed E-state index contributed by atoms with van der Waals surface area (Å²) in [5.74, 6) is 0. The Morgan fingerprint density at radius 1 is 1.11 bits per heavy atom. The lowest BCUT2D eigenvalue weighted by Crippen LogP contribution is -2.32. The largest absolute Gasteiger partial charge is 0.347 e. The van der Waals surface area contributed by atoms with Gasteiger partial charge in [-0.3, -0.25) is 0 Å². The molecule has 0 amide bonds. The Morgan fingerprint density at radius 2 is 1.85 bits per heavy atom. The quantitative estimate of drug-likeness (QED) is 0.744. The average molecular weight is 377 g/mol. The first kappa shape index (κ1) is 16.5. The van der Waals surface area contributed by atoms with Gasteiger partial charge in [-0.15, -0.1) is 0 Å². The topological polar surface area (TPSA) is 74.9 Å².